The first-order chi connectivity index (χ1) is 18.0. The van der Waals surface area contributed by atoms with Crippen LogP contribution in [0.2, 0.25) is 5.02 Å². The Bertz CT molecular complexity index is 1410. The number of likely N-dealkylation sites (N-methyl/N-ethyl adjacent to an activating group) is 1. The Labute approximate surface area is 236 Å². The molecule has 0 bridgehead atoms. The summed E-state index contributed by atoms with van der Waals surface area (Å²) in [6.07, 6.45) is -4.33. The first-order valence-corrected chi connectivity index (χ1v) is 13.1. The third-order valence-electron chi connectivity index (χ3n) is 6.72. The number of aromatic nitrogens is 2. The second kappa shape index (κ2) is 11.3. The normalized spacial score (nSPS) is 19.8. The minimum Gasteiger partial charge on any atom is -0.351 e. The van der Waals surface area contributed by atoms with E-state index in [2.05, 4.69) is 25.5 Å². The first kappa shape index (κ1) is 29.1. The van der Waals surface area contributed by atoms with E-state index in [1.54, 1.807) is 24.3 Å². The van der Waals surface area contributed by atoms with Gasteiger partial charge in [-0.25, -0.2) is 4.98 Å². The number of hydrogen-bond donors (Lipinski definition) is 3. The number of aromatic amines is 1. The third-order valence-corrected chi connectivity index (χ3v) is 8.04. The fraction of sp³-hybridized carbons (Fsp3) is 0.417. The highest BCUT2D eigenvalue weighted by molar-refractivity contribution is 7.13. The fourth-order valence-electron chi connectivity index (χ4n) is 4.76. The minimum absolute atomic E-state index is 0. The fourth-order valence-corrected chi connectivity index (χ4v) is 6.03. The predicted octanol–water partition coefficient (Wildman–Crippen LogP) is 3.38. The number of nitrogens with one attached hydrogen (secondary N) is 3. The molecule has 15 heteroatoms. The van der Waals surface area contributed by atoms with Crippen molar-refractivity contribution < 1.29 is 27.6 Å². The van der Waals surface area contributed by atoms with Crippen molar-refractivity contribution in [1.29, 1.82) is 0 Å². The zero-order chi connectivity index (χ0) is 27.2. The van der Waals surface area contributed by atoms with E-state index in [0.29, 0.717) is 28.4 Å². The summed E-state index contributed by atoms with van der Waals surface area (Å²) in [5.41, 5.74) is 1.76. The highest BCUT2D eigenvalue weighted by Crippen LogP contribution is 2.26. The maximum absolute atomic E-state index is 13.1. The number of amides is 3. The molecule has 2 aromatic heterocycles. The quantitative estimate of drug-likeness (QED) is 0.423. The molecule has 3 amide bonds. The van der Waals surface area contributed by atoms with Gasteiger partial charge in [-0.15, -0.1) is 23.7 Å². The number of alkyl halides is 3. The second-order valence-electron chi connectivity index (χ2n) is 9.49. The molecule has 2 atom stereocenters. The van der Waals surface area contributed by atoms with Crippen LogP contribution in [-0.2, 0) is 17.8 Å². The number of hydrogen-bond acceptors (Lipinski definition) is 6. The monoisotopic (exact) mass is 604 g/mol. The molecule has 0 unspecified atom stereocenters. The standard InChI is InChI=1S/C24H24ClF3N6O3S.ClH/c1-33-6-4-16-19(11-33)38-22(32-16)21(36)31-18-10-34(23(37)24(26,27)28)7-5-15(18)30-20(35)17-9-12-8-13(25)2-3-14(12)29-17;/h2-3,8-9,15,18,29H,4-7,10-11H2,1H3,(H,30,35)(H,31,36);1H/t15-,18+;/m0./s1. The van der Waals surface area contributed by atoms with E-state index in [4.69, 9.17) is 11.6 Å². The summed E-state index contributed by atoms with van der Waals surface area (Å²) >= 11 is 7.25. The third kappa shape index (κ3) is 6.32. The molecule has 3 aromatic rings. The summed E-state index contributed by atoms with van der Waals surface area (Å²) in [6.45, 7) is 0.829. The lowest BCUT2D eigenvalue weighted by molar-refractivity contribution is -0.186. The van der Waals surface area contributed by atoms with Gasteiger partial charge in [0.05, 0.1) is 17.8 Å². The van der Waals surface area contributed by atoms with Crippen molar-refractivity contribution in [3.8, 4) is 0 Å². The zero-order valence-electron chi connectivity index (χ0n) is 20.6. The highest BCUT2D eigenvalue weighted by atomic mass is 35.5. The molecule has 0 aliphatic carbocycles. The van der Waals surface area contributed by atoms with Crippen molar-refractivity contribution in [2.24, 2.45) is 0 Å². The van der Waals surface area contributed by atoms with Crippen LogP contribution in [0.5, 0.6) is 0 Å². The molecule has 0 saturated carbocycles. The van der Waals surface area contributed by atoms with E-state index in [-0.39, 0.29) is 36.1 Å². The Hall–Kier alpha value is -2.87. The maximum atomic E-state index is 13.1. The van der Waals surface area contributed by atoms with Crippen LogP contribution >= 0.6 is 35.3 Å². The number of thiazole rings is 1. The zero-order valence-corrected chi connectivity index (χ0v) is 23.0. The number of benzene rings is 1. The van der Waals surface area contributed by atoms with Gasteiger partial charge in [0.2, 0.25) is 0 Å². The summed E-state index contributed by atoms with van der Waals surface area (Å²) < 4.78 is 39.4. The molecule has 2 aliphatic rings. The molecule has 1 saturated heterocycles. The van der Waals surface area contributed by atoms with E-state index in [9.17, 15) is 27.6 Å². The molecule has 39 heavy (non-hydrogen) atoms. The Kier molecular flexibility index (Phi) is 8.45. The van der Waals surface area contributed by atoms with Crippen LogP contribution in [0.1, 0.15) is 37.3 Å². The molecule has 4 heterocycles. The molecule has 210 valence electrons. The Morgan fingerprint density at radius 3 is 2.62 bits per heavy atom. The van der Waals surface area contributed by atoms with E-state index >= 15 is 0 Å². The lowest BCUT2D eigenvalue weighted by Crippen LogP contribution is -2.62. The van der Waals surface area contributed by atoms with E-state index in [1.807, 2.05) is 7.05 Å². The average Bonchev–Trinajstić information content (AvgIpc) is 3.47. The van der Waals surface area contributed by atoms with Crippen LogP contribution in [0.25, 0.3) is 10.9 Å². The van der Waals surface area contributed by atoms with Crippen molar-refractivity contribution >= 4 is 64.0 Å². The molecule has 5 rings (SSSR count). The van der Waals surface area contributed by atoms with Gasteiger partial charge in [-0.2, -0.15) is 13.2 Å². The van der Waals surface area contributed by atoms with Gasteiger partial charge in [0.15, 0.2) is 5.01 Å². The summed E-state index contributed by atoms with van der Waals surface area (Å²) in [7, 11) is 1.96. The Morgan fingerprint density at radius 2 is 1.87 bits per heavy atom. The minimum atomic E-state index is -5.04. The van der Waals surface area contributed by atoms with Gasteiger partial charge in [-0.05, 0) is 37.7 Å². The number of H-pyrrole nitrogens is 1. The first-order valence-electron chi connectivity index (χ1n) is 11.9. The van der Waals surface area contributed by atoms with Crippen molar-refractivity contribution in [2.75, 3.05) is 26.7 Å². The molecule has 1 fully saturated rings. The van der Waals surface area contributed by atoms with Gasteiger partial charge in [-0.3, -0.25) is 14.4 Å². The molecule has 0 radical (unpaired) electrons. The van der Waals surface area contributed by atoms with Crippen LogP contribution in [0.15, 0.2) is 24.3 Å². The molecule has 9 nitrogen and oxygen atoms in total. The number of fused-ring (bicyclic) bond motifs is 2. The number of carbonyl (C=O) groups is 3. The second-order valence-corrected chi connectivity index (χ2v) is 11.0. The number of piperidine rings is 1. The lowest BCUT2D eigenvalue weighted by Gasteiger charge is -2.39. The van der Waals surface area contributed by atoms with Crippen LogP contribution in [0, 0.1) is 0 Å². The summed E-state index contributed by atoms with van der Waals surface area (Å²) in [5.74, 6) is -3.04. The van der Waals surface area contributed by atoms with Crippen LogP contribution in [-0.4, -0.2) is 82.4 Å². The number of nitrogens with zero attached hydrogens (tertiary/aromatic N) is 3. The van der Waals surface area contributed by atoms with Gasteiger partial charge in [0.25, 0.3) is 11.8 Å². The maximum Gasteiger partial charge on any atom is 0.471 e. The SMILES string of the molecule is CN1CCc2nc(C(=O)N[C@@H]3CN(C(=O)C(F)(F)F)CC[C@@H]3NC(=O)c3cc4cc(Cl)ccc4[nH]3)sc2C1.Cl. The summed E-state index contributed by atoms with van der Waals surface area (Å²) in [5, 5.41) is 6.95. The van der Waals surface area contributed by atoms with Gasteiger partial charge < -0.3 is 25.4 Å². The largest absolute Gasteiger partial charge is 0.471 e. The molecule has 2 aliphatic heterocycles. The smallest absolute Gasteiger partial charge is 0.351 e. The Morgan fingerprint density at radius 1 is 1.13 bits per heavy atom. The predicted molar refractivity (Wildman–Crippen MR) is 142 cm³/mol. The van der Waals surface area contributed by atoms with E-state index in [0.717, 1.165) is 22.5 Å². The van der Waals surface area contributed by atoms with Crippen LogP contribution in [0.4, 0.5) is 13.2 Å². The van der Waals surface area contributed by atoms with E-state index < -0.39 is 42.5 Å². The lowest BCUT2D eigenvalue weighted by atomic mass is 9.98. The van der Waals surface area contributed by atoms with Crippen molar-refractivity contribution in [1.82, 2.24) is 30.4 Å². The van der Waals surface area contributed by atoms with Crippen molar-refractivity contribution in [3.05, 3.63) is 50.6 Å². The van der Waals surface area contributed by atoms with Gasteiger partial charge >= 0.3 is 12.1 Å². The Balaban J connectivity index is 0.00000353. The van der Waals surface area contributed by atoms with Crippen molar-refractivity contribution in [2.45, 2.75) is 37.6 Å². The van der Waals surface area contributed by atoms with Crippen molar-refractivity contribution in [3.63, 3.8) is 0 Å². The molecule has 3 N–H and O–H groups in total. The summed E-state index contributed by atoms with van der Waals surface area (Å²) in [6, 6.07) is 5.02. The van der Waals surface area contributed by atoms with E-state index in [1.165, 1.54) is 11.3 Å². The van der Waals surface area contributed by atoms with Crippen LogP contribution < -0.4 is 10.6 Å². The topological polar surface area (TPSA) is 110 Å². The van der Waals surface area contributed by atoms with Crippen LogP contribution in [0.3, 0.4) is 0 Å². The molecule has 1 aromatic carbocycles. The summed E-state index contributed by atoms with van der Waals surface area (Å²) in [4.78, 5) is 49.2. The highest BCUT2D eigenvalue weighted by Gasteiger charge is 2.45. The van der Waals surface area contributed by atoms with Gasteiger partial charge in [0.1, 0.15) is 5.69 Å². The number of likely N-dealkylation sites (tertiary alicyclic amines) is 1. The number of halogens is 5. The number of carbonyl (C=O) groups excluding carboxylic acids is 3. The van der Waals surface area contributed by atoms with Gasteiger partial charge in [-0.1, -0.05) is 11.6 Å². The molecular weight excluding hydrogens is 580 g/mol. The molecule has 0 spiro atoms. The molecular formula is C24H25Cl2F3N6O3S. The van der Waals surface area contributed by atoms with Gasteiger partial charge in [0, 0.05) is 53.4 Å². The number of rotatable bonds is 4. The average molecular weight is 605 g/mol.